The summed E-state index contributed by atoms with van der Waals surface area (Å²) in [4.78, 5) is 0. The van der Waals surface area contributed by atoms with Crippen molar-refractivity contribution < 1.29 is 13.2 Å². The van der Waals surface area contributed by atoms with Crippen molar-refractivity contribution in [3.8, 4) is 5.75 Å². The van der Waals surface area contributed by atoms with Crippen molar-refractivity contribution in [3.63, 3.8) is 0 Å². The zero-order valence-electron chi connectivity index (χ0n) is 13.5. The number of nitrogens with zero attached hydrogens (tertiary/aromatic N) is 1. The molecule has 0 aliphatic rings. The smallest absolute Gasteiger partial charge is 0.235 e. The van der Waals surface area contributed by atoms with Crippen molar-refractivity contribution in [2.45, 2.75) is 40.0 Å². The van der Waals surface area contributed by atoms with Gasteiger partial charge in [0.1, 0.15) is 5.75 Å². The minimum atomic E-state index is -3.28. The molecular formula is C16H27NO3S. The van der Waals surface area contributed by atoms with E-state index in [2.05, 4.69) is 13.8 Å². The van der Waals surface area contributed by atoms with Crippen molar-refractivity contribution >= 4 is 15.7 Å². The molecule has 0 fully saturated rings. The van der Waals surface area contributed by atoms with E-state index in [1.165, 1.54) is 4.31 Å². The second-order valence-corrected chi connectivity index (χ2v) is 7.64. The third-order valence-corrected chi connectivity index (χ3v) is 5.21. The zero-order valence-corrected chi connectivity index (χ0v) is 14.3. The lowest BCUT2D eigenvalue weighted by Crippen LogP contribution is -2.34. The zero-order chi connectivity index (χ0) is 15.9. The Labute approximate surface area is 129 Å². The molecule has 0 saturated heterocycles. The molecule has 0 amide bonds. The van der Waals surface area contributed by atoms with Crippen molar-refractivity contribution in [1.29, 1.82) is 0 Å². The minimum Gasteiger partial charge on any atom is -0.497 e. The predicted octanol–water partition coefficient (Wildman–Crippen LogP) is 3.68. The molecule has 0 saturated carbocycles. The Bertz CT molecular complexity index is 526. The summed E-state index contributed by atoms with van der Waals surface area (Å²) >= 11 is 0. The average Bonchev–Trinajstić information content (AvgIpc) is 2.45. The number of anilines is 1. The summed E-state index contributed by atoms with van der Waals surface area (Å²) in [6, 6.07) is 7.25. The minimum absolute atomic E-state index is 0.193. The molecule has 0 atom stereocenters. The van der Waals surface area contributed by atoms with Gasteiger partial charge in [-0.15, -0.1) is 0 Å². The molecule has 21 heavy (non-hydrogen) atoms. The van der Waals surface area contributed by atoms with Gasteiger partial charge in [-0.2, -0.15) is 0 Å². The van der Waals surface area contributed by atoms with Crippen LogP contribution in [-0.2, 0) is 10.0 Å². The summed E-state index contributed by atoms with van der Waals surface area (Å²) in [6.07, 6.45) is 2.39. The Morgan fingerprint density at radius 1 is 1.29 bits per heavy atom. The molecule has 5 heteroatoms. The lowest BCUT2D eigenvalue weighted by Gasteiger charge is -2.25. The molecule has 0 heterocycles. The summed E-state index contributed by atoms with van der Waals surface area (Å²) in [6.45, 7) is 6.71. The fourth-order valence-electron chi connectivity index (χ4n) is 2.01. The Kier molecular flexibility index (Phi) is 7.02. The number of ether oxygens (including phenoxy) is 1. The standard InChI is InChI=1S/C16H27NO3S/c1-5-6-12-21(18,19)17(11-10-14(2)3)15-8-7-9-16(13-15)20-4/h7-9,13-14H,5-6,10-12H2,1-4H3. The molecule has 4 nitrogen and oxygen atoms in total. The van der Waals surface area contributed by atoms with E-state index in [-0.39, 0.29) is 5.75 Å². The van der Waals surface area contributed by atoms with Crippen LogP contribution in [0.25, 0.3) is 0 Å². The van der Waals surface area contributed by atoms with Crippen LogP contribution in [0, 0.1) is 5.92 Å². The fourth-order valence-corrected chi connectivity index (χ4v) is 3.70. The van der Waals surface area contributed by atoms with Crippen LogP contribution in [0.4, 0.5) is 5.69 Å². The van der Waals surface area contributed by atoms with Gasteiger partial charge >= 0.3 is 0 Å². The van der Waals surface area contributed by atoms with E-state index in [0.717, 1.165) is 12.8 Å². The average molecular weight is 313 g/mol. The molecule has 0 bridgehead atoms. The first-order valence-electron chi connectivity index (χ1n) is 7.55. The first-order chi connectivity index (χ1) is 9.90. The number of unbranched alkanes of at least 4 members (excludes halogenated alkanes) is 1. The van der Waals surface area contributed by atoms with Crippen molar-refractivity contribution in [2.24, 2.45) is 5.92 Å². The Hall–Kier alpha value is -1.23. The first kappa shape index (κ1) is 17.8. The number of hydrogen-bond acceptors (Lipinski definition) is 3. The molecule has 0 unspecified atom stereocenters. The summed E-state index contributed by atoms with van der Waals surface area (Å²) in [5.74, 6) is 1.32. The normalized spacial score (nSPS) is 11.7. The van der Waals surface area contributed by atoms with Crippen molar-refractivity contribution in [3.05, 3.63) is 24.3 Å². The molecule has 120 valence electrons. The largest absolute Gasteiger partial charge is 0.497 e. The van der Waals surface area contributed by atoms with E-state index in [4.69, 9.17) is 4.74 Å². The molecular weight excluding hydrogens is 286 g/mol. The van der Waals surface area contributed by atoms with E-state index in [1.807, 2.05) is 25.1 Å². The van der Waals surface area contributed by atoms with Gasteiger partial charge in [0.05, 0.1) is 18.6 Å². The maximum atomic E-state index is 12.6. The molecule has 1 aromatic carbocycles. The van der Waals surface area contributed by atoms with Gasteiger partial charge in [-0.25, -0.2) is 8.42 Å². The van der Waals surface area contributed by atoms with Gasteiger partial charge in [0.15, 0.2) is 0 Å². The summed E-state index contributed by atoms with van der Waals surface area (Å²) in [5.41, 5.74) is 0.686. The monoisotopic (exact) mass is 313 g/mol. The van der Waals surface area contributed by atoms with Crippen LogP contribution in [0.15, 0.2) is 24.3 Å². The van der Waals surface area contributed by atoms with Crippen molar-refractivity contribution in [2.75, 3.05) is 23.7 Å². The van der Waals surface area contributed by atoms with E-state index in [0.29, 0.717) is 30.3 Å². The van der Waals surface area contributed by atoms with Crippen LogP contribution < -0.4 is 9.04 Å². The van der Waals surface area contributed by atoms with Crippen LogP contribution in [0.1, 0.15) is 40.0 Å². The van der Waals surface area contributed by atoms with E-state index in [9.17, 15) is 8.42 Å². The molecule has 0 aliphatic heterocycles. The van der Waals surface area contributed by atoms with E-state index in [1.54, 1.807) is 13.2 Å². The maximum absolute atomic E-state index is 12.6. The lowest BCUT2D eigenvalue weighted by atomic mass is 10.1. The highest BCUT2D eigenvalue weighted by molar-refractivity contribution is 7.92. The van der Waals surface area contributed by atoms with Crippen molar-refractivity contribution in [1.82, 2.24) is 0 Å². The van der Waals surface area contributed by atoms with Crippen LogP contribution in [0.3, 0.4) is 0 Å². The van der Waals surface area contributed by atoms with Gasteiger partial charge in [0.25, 0.3) is 0 Å². The molecule has 0 radical (unpaired) electrons. The highest BCUT2D eigenvalue weighted by atomic mass is 32.2. The van der Waals surface area contributed by atoms with Crippen LogP contribution >= 0.6 is 0 Å². The van der Waals surface area contributed by atoms with Gasteiger partial charge in [-0.3, -0.25) is 4.31 Å². The molecule has 0 aliphatic carbocycles. The topological polar surface area (TPSA) is 46.6 Å². The second kappa shape index (κ2) is 8.27. The molecule has 0 aromatic heterocycles. The molecule has 1 rings (SSSR count). The molecule has 0 spiro atoms. The highest BCUT2D eigenvalue weighted by Crippen LogP contribution is 2.25. The van der Waals surface area contributed by atoms with Gasteiger partial charge in [-0.05, 0) is 30.9 Å². The van der Waals surface area contributed by atoms with Gasteiger partial charge in [0, 0.05) is 12.6 Å². The number of hydrogen-bond donors (Lipinski definition) is 0. The van der Waals surface area contributed by atoms with Crippen LogP contribution in [0.5, 0.6) is 5.75 Å². The predicted molar refractivity (Wildman–Crippen MR) is 88.5 cm³/mol. The quantitative estimate of drug-likeness (QED) is 0.698. The van der Waals surface area contributed by atoms with Gasteiger partial charge in [0.2, 0.25) is 10.0 Å². The van der Waals surface area contributed by atoms with E-state index >= 15 is 0 Å². The number of sulfonamides is 1. The molecule has 1 aromatic rings. The second-order valence-electron chi connectivity index (χ2n) is 5.63. The first-order valence-corrected chi connectivity index (χ1v) is 9.16. The fraction of sp³-hybridized carbons (Fsp3) is 0.625. The van der Waals surface area contributed by atoms with Crippen LogP contribution in [-0.4, -0.2) is 27.8 Å². The van der Waals surface area contributed by atoms with Gasteiger partial charge in [-0.1, -0.05) is 33.3 Å². The van der Waals surface area contributed by atoms with E-state index < -0.39 is 10.0 Å². The molecule has 0 N–H and O–H groups in total. The maximum Gasteiger partial charge on any atom is 0.235 e. The van der Waals surface area contributed by atoms with Crippen LogP contribution in [0.2, 0.25) is 0 Å². The SMILES string of the molecule is CCCCS(=O)(=O)N(CCC(C)C)c1cccc(OC)c1. The number of rotatable bonds is 9. The summed E-state index contributed by atoms with van der Waals surface area (Å²) in [7, 11) is -1.69. The number of methoxy groups -OCH3 is 1. The third-order valence-electron chi connectivity index (χ3n) is 3.34. The summed E-state index contributed by atoms with van der Waals surface area (Å²) < 4.78 is 31.9. The van der Waals surface area contributed by atoms with Gasteiger partial charge < -0.3 is 4.74 Å². The Morgan fingerprint density at radius 2 is 2.00 bits per heavy atom. The lowest BCUT2D eigenvalue weighted by molar-refractivity contribution is 0.415. The number of benzene rings is 1. The third kappa shape index (κ3) is 5.58. The Morgan fingerprint density at radius 3 is 2.57 bits per heavy atom. The highest BCUT2D eigenvalue weighted by Gasteiger charge is 2.22. The Balaban J connectivity index is 3.05. The summed E-state index contributed by atoms with van der Waals surface area (Å²) in [5, 5.41) is 0.